The molecular formula is C13H26N4. The highest BCUT2D eigenvalue weighted by atomic mass is 15.1. The fourth-order valence-corrected chi connectivity index (χ4v) is 1.99. The molecule has 98 valence electrons. The zero-order valence-corrected chi connectivity index (χ0v) is 11.6. The summed E-state index contributed by atoms with van der Waals surface area (Å²) in [5.74, 6) is 1.17. The van der Waals surface area contributed by atoms with Crippen LogP contribution in [0, 0.1) is 0 Å². The van der Waals surface area contributed by atoms with Gasteiger partial charge in [-0.15, -0.1) is 0 Å². The average Bonchev–Trinajstić information content (AvgIpc) is 2.67. The number of nitrogens with one attached hydrogen (secondary N) is 1. The van der Waals surface area contributed by atoms with Crippen LogP contribution in [0.4, 0.5) is 0 Å². The van der Waals surface area contributed by atoms with Gasteiger partial charge in [0, 0.05) is 38.4 Å². The quantitative estimate of drug-likeness (QED) is 0.741. The minimum Gasteiger partial charge on any atom is -0.338 e. The van der Waals surface area contributed by atoms with Crippen molar-refractivity contribution in [3.63, 3.8) is 0 Å². The Hall–Kier alpha value is -0.870. The predicted molar refractivity (Wildman–Crippen MR) is 72.2 cm³/mol. The van der Waals surface area contributed by atoms with Gasteiger partial charge in [-0.2, -0.15) is 0 Å². The molecule has 1 N–H and O–H groups in total. The van der Waals surface area contributed by atoms with Gasteiger partial charge in [0.05, 0.1) is 0 Å². The Morgan fingerprint density at radius 1 is 1.47 bits per heavy atom. The first kappa shape index (κ1) is 14.2. The maximum atomic E-state index is 4.37. The summed E-state index contributed by atoms with van der Waals surface area (Å²) in [6.07, 6.45) is 7.25. The van der Waals surface area contributed by atoms with Gasteiger partial charge >= 0.3 is 0 Å². The number of nitrogens with zero attached hydrogens (tertiary/aromatic N) is 3. The first-order valence-corrected chi connectivity index (χ1v) is 6.47. The summed E-state index contributed by atoms with van der Waals surface area (Å²) < 4.78 is 2.10. The Morgan fingerprint density at radius 2 is 2.24 bits per heavy atom. The van der Waals surface area contributed by atoms with Crippen molar-refractivity contribution in [1.82, 2.24) is 19.8 Å². The Bertz CT molecular complexity index is 306. The van der Waals surface area contributed by atoms with Crippen molar-refractivity contribution in [1.29, 1.82) is 0 Å². The van der Waals surface area contributed by atoms with Crippen molar-refractivity contribution in [2.75, 3.05) is 27.2 Å². The van der Waals surface area contributed by atoms with Crippen molar-refractivity contribution in [2.45, 2.75) is 32.2 Å². The summed E-state index contributed by atoms with van der Waals surface area (Å²) in [5.41, 5.74) is 0. The molecule has 0 aromatic carbocycles. The van der Waals surface area contributed by atoms with E-state index in [1.54, 1.807) is 0 Å². The van der Waals surface area contributed by atoms with E-state index in [0.717, 1.165) is 25.9 Å². The first-order valence-electron chi connectivity index (χ1n) is 6.47. The molecule has 0 spiro atoms. The Labute approximate surface area is 105 Å². The molecule has 1 heterocycles. The van der Waals surface area contributed by atoms with Gasteiger partial charge in [-0.1, -0.05) is 6.92 Å². The molecule has 1 unspecified atom stereocenters. The van der Waals surface area contributed by atoms with Crippen molar-refractivity contribution < 1.29 is 0 Å². The number of aryl methyl sites for hydroxylation is 2. The number of likely N-dealkylation sites (N-methyl/N-ethyl adjacent to an activating group) is 1. The normalized spacial score (nSPS) is 13.2. The van der Waals surface area contributed by atoms with Crippen LogP contribution >= 0.6 is 0 Å². The van der Waals surface area contributed by atoms with Gasteiger partial charge in [0.25, 0.3) is 0 Å². The summed E-state index contributed by atoms with van der Waals surface area (Å²) in [7, 11) is 6.31. The molecule has 1 aromatic rings. The van der Waals surface area contributed by atoms with Crippen LogP contribution in [0.25, 0.3) is 0 Å². The lowest BCUT2D eigenvalue weighted by Gasteiger charge is -2.22. The van der Waals surface area contributed by atoms with E-state index in [1.165, 1.54) is 12.2 Å². The maximum absolute atomic E-state index is 4.37. The number of hydrogen-bond donors (Lipinski definition) is 1. The third-order valence-electron chi connectivity index (χ3n) is 2.91. The maximum Gasteiger partial charge on any atom is 0.108 e. The van der Waals surface area contributed by atoms with E-state index in [0.29, 0.717) is 6.04 Å². The molecule has 0 saturated heterocycles. The van der Waals surface area contributed by atoms with E-state index in [9.17, 15) is 0 Å². The first-order chi connectivity index (χ1) is 8.13. The van der Waals surface area contributed by atoms with Crippen LogP contribution in [0.2, 0.25) is 0 Å². The van der Waals surface area contributed by atoms with Crippen LogP contribution in [0.15, 0.2) is 12.4 Å². The molecule has 0 aliphatic carbocycles. The van der Waals surface area contributed by atoms with Crippen LogP contribution in [0.3, 0.4) is 0 Å². The van der Waals surface area contributed by atoms with Gasteiger partial charge in [0.1, 0.15) is 5.82 Å². The number of imidazole rings is 1. The highest BCUT2D eigenvalue weighted by molar-refractivity contribution is 4.92. The van der Waals surface area contributed by atoms with Gasteiger partial charge in [-0.05, 0) is 33.5 Å². The summed E-state index contributed by atoms with van der Waals surface area (Å²) in [6.45, 7) is 4.39. The van der Waals surface area contributed by atoms with Crippen molar-refractivity contribution in [3.8, 4) is 0 Å². The van der Waals surface area contributed by atoms with Crippen LogP contribution in [0.5, 0.6) is 0 Å². The lowest BCUT2D eigenvalue weighted by molar-refractivity contribution is 0.325. The lowest BCUT2D eigenvalue weighted by atomic mass is 10.1. The van der Waals surface area contributed by atoms with Gasteiger partial charge in [-0.3, -0.25) is 0 Å². The molecule has 1 atom stereocenters. The van der Waals surface area contributed by atoms with Crippen LogP contribution in [-0.4, -0.2) is 47.7 Å². The van der Waals surface area contributed by atoms with E-state index in [2.05, 4.69) is 47.8 Å². The number of hydrogen-bond acceptors (Lipinski definition) is 3. The minimum atomic E-state index is 0.557. The Balaban J connectivity index is 2.40. The number of aromatic nitrogens is 2. The van der Waals surface area contributed by atoms with Crippen molar-refractivity contribution in [3.05, 3.63) is 18.2 Å². The minimum absolute atomic E-state index is 0.557. The van der Waals surface area contributed by atoms with Crippen LogP contribution < -0.4 is 5.32 Å². The third kappa shape index (κ3) is 5.33. The monoisotopic (exact) mass is 238 g/mol. The molecule has 1 aromatic heterocycles. The number of rotatable bonds is 8. The molecule has 0 amide bonds. The van der Waals surface area contributed by atoms with Gasteiger partial charge in [0.15, 0.2) is 0 Å². The molecular weight excluding hydrogens is 212 g/mol. The SMILES string of the molecule is CCCNC(CCc1nccn1C)CN(C)C. The standard InChI is InChI=1S/C13H26N4/c1-5-8-14-12(11-16(2)3)6-7-13-15-9-10-17(13)4/h9-10,12,14H,5-8,11H2,1-4H3. The van der Waals surface area contributed by atoms with Crippen LogP contribution in [0.1, 0.15) is 25.6 Å². The fraction of sp³-hybridized carbons (Fsp3) is 0.769. The summed E-state index contributed by atoms with van der Waals surface area (Å²) in [5, 5.41) is 3.60. The van der Waals surface area contributed by atoms with Gasteiger partial charge in [-0.25, -0.2) is 4.98 Å². The van der Waals surface area contributed by atoms with Crippen molar-refractivity contribution >= 4 is 0 Å². The third-order valence-corrected chi connectivity index (χ3v) is 2.91. The molecule has 4 heteroatoms. The smallest absolute Gasteiger partial charge is 0.108 e. The molecule has 0 saturated carbocycles. The molecule has 1 rings (SSSR count). The topological polar surface area (TPSA) is 33.1 Å². The molecule has 17 heavy (non-hydrogen) atoms. The second kappa shape index (κ2) is 7.45. The van der Waals surface area contributed by atoms with E-state index in [4.69, 9.17) is 0 Å². The van der Waals surface area contributed by atoms with E-state index >= 15 is 0 Å². The molecule has 0 radical (unpaired) electrons. The second-order valence-electron chi connectivity index (χ2n) is 4.91. The van der Waals surface area contributed by atoms with Gasteiger partial charge < -0.3 is 14.8 Å². The highest BCUT2D eigenvalue weighted by Crippen LogP contribution is 2.03. The molecule has 0 aliphatic rings. The lowest BCUT2D eigenvalue weighted by Crippen LogP contribution is -2.39. The second-order valence-corrected chi connectivity index (χ2v) is 4.91. The fourth-order valence-electron chi connectivity index (χ4n) is 1.99. The Morgan fingerprint density at radius 3 is 2.76 bits per heavy atom. The molecule has 0 bridgehead atoms. The Kier molecular flexibility index (Phi) is 6.22. The summed E-state index contributed by atoms with van der Waals surface area (Å²) >= 11 is 0. The van der Waals surface area contributed by atoms with Crippen LogP contribution in [-0.2, 0) is 13.5 Å². The van der Waals surface area contributed by atoms with E-state index in [-0.39, 0.29) is 0 Å². The molecule has 0 aliphatic heterocycles. The summed E-state index contributed by atoms with van der Waals surface area (Å²) in [6, 6.07) is 0.557. The zero-order valence-electron chi connectivity index (χ0n) is 11.6. The highest BCUT2D eigenvalue weighted by Gasteiger charge is 2.10. The molecule has 4 nitrogen and oxygen atoms in total. The summed E-state index contributed by atoms with van der Waals surface area (Å²) in [4.78, 5) is 6.61. The zero-order chi connectivity index (χ0) is 12.7. The van der Waals surface area contributed by atoms with Crippen molar-refractivity contribution in [2.24, 2.45) is 7.05 Å². The van der Waals surface area contributed by atoms with E-state index < -0.39 is 0 Å². The predicted octanol–water partition coefficient (Wildman–Crippen LogP) is 1.28. The van der Waals surface area contributed by atoms with E-state index in [1.807, 2.05) is 12.4 Å². The average molecular weight is 238 g/mol. The van der Waals surface area contributed by atoms with Gasteiger partial charge in [0.2, 0.25) is 0 Å². The molecule has 0 fully saturated rings. The largest absolute Gasteiger partial charge is 0.338 e.